The Hall–Kier alpha value is -3.56. The number of sulfonamides is 2. The smallest absolute Gasteiger partial charge is 0.422 e. The van der Waals surface area contributed by atoms with Gasteiger partial charge in [0.25, 0.3) is 20.0 Å². The van der Waals surface area contributed by atoms with Gasteiger partial charge in [0.2, 0.25) is 0 Å². The van der Waals surface area contributed by atoms with Gasteiger partial charge in [-0.1, -0.05) is 66.5 Å². The molecule has 1 atom stereocenters. The van der Waals surface area contributed by atoms with Gasteiger partial charge >= 0.3 is 12.2 Å². The molecule has 12 heteroatoms. The van der Waals surface area contributed by atoms with Crippen molar-refractivity contribution in [1.29, 1.82) is 0 Å². The van der Waals surface area contributed by atoms with Crippen molar-refractivity contribution in [2.24, 2.45) is 5.92 Å². The quantitative estimate of drug-likeness (QED) is 0.485. The molecule has 0 aliphatic heterocycles. The fraction of sp³-hybridized carbons (Fsp3) is 0.385. The zero-order chi connectivity index (χ0) is 27.8. The number of benzene rings is 2. The Morgan fingerprint density at radius 2 is 1.29 bits per heavy atom. The van der Waals surface area contributed by atoms with E-state index < -0.39 is 44.9 Å². The lowest BCUT2D eigenvalue weighted by molar-refractivity contribution is 0.0849. The average Bonchev–Trinajstić information content (AvgIpc) is 2.86. The SMILES string of the molecule is Cc1ccc(S(=O)(=O)NC(=O)OCC#CC(OC(=O)NS(=O)(=O)c2ccc(C)cc2)C2CCCCC2)cc1. The van der Waals surface area contributed by atoms with E-state index >= 15 is 0 Å². The van der Waals surface area contributed by atoms with Gasteiger partial charge in [0.05, 0.1) is 9.79 Å². The van der Waals surface area contributed by atoms with E-state index in [4.69, 9.17) is 9.47 Å². The summed E-state index contributed by atoms with van der Waals surface area (Å²) in [6.07, 6.45) is 0.989. The van der Waals surface area contributed by atoms with Gasteiger partial charge < -0.3 is 9.47 Å². The number of carbonyl (C=O) groups excluding carboxylic acids is 2. The molecule has 1 aliphatic carbocycles. The second kappa shape index (κ2) is 12.8. The highest BCUT2D eigenvalue weighted by Gasteiger charge is 2.27. The van der Waals surface area contributed by atoms with Gasteiger partial charge in [-0.25, -0.2) is 35.9 Å². The fourth-order valence-corrected chi connectivity index (χ4v) is 5.64. The van der Waals surface area contributed by atoms with Crippen LogP contribution in [0.4, 0.5) is 9.59 Å². The van der Waals surface area contributed by atoms with Crippen LogP contribution in [-0.4, -0.2) is 41.7 Å². The van der Waals surface area contributed by atoms with Crippen molar-refractivity contribution >= 4 is 32.2 Å². The van der Waals surface area contributed by atoms with E-state index in [9.17, 15) is 26.4 Å². The number of nitrogens with one attached hydrogen (secondary N) is 2. The van der Waals surface area contributed by atoms with E-state index in [2.05, 4.69) is 11.8 Å². The van der Waals surface area contributed by atoms with Crippen molar-refractivity contribution in [1.82, 2.24) is 9.44 Å². The summed E-state index contributed by atoms with van der Waals surface area (Å²) in [6, 6.07) is 11.9. The normalized spacial score (nSPS) is 14.9. The third kappa shape index (κ3) is 8.49. The highest BCUT2D eigenvalue weighted by molar-refractivity contribution is 7.90. The van der Waals surface area contributed by atoms with Crippen LogP contribution in [0.25, 0.3) is 0 Å². The molecule has 1 aliphatic rings. The van der Waals surface area contributed by atoms with Gasteiger partial charge in [-0.2, -0.15) is 0 Å². The van der Waals surface area contributed by atoms with E-state index in [1.54, 1.807) is 35.9 Å². The van der Waals surface area contributed by atoms with Gasteiger partial charge in [-0.05, 0) is 51.0 Å². The van der Waals surface area contributed by atoms with Crippen LogP contribution in [0.3, 0.4) is 0 Å². The van der Waals surface area contributed by atoms with Gasteiger partial charge in [-0.3, -0.25) is 0 Å². The van der Waals surface area contributed by atoms with Crippen LogP contribution in [0.5, 0.6) is 0 Å². The number of aryl methyl sites for hydroxylation is 2. The molecule has 1 unspecified atom stereocenters. The molecule has 10 nitrogen and oxygen atoms in total. The van der Waals surface area contributed by atoms with E-state index in [1.165, 1.54) is 24.3 Å². The lowest BCUT2D eigenvalue weighted by Crippen LogP contribution is -2.36. The molecule has 204 valence electrons. The minimum absolute atomic E-state index is 0.0830. The minimum atomic E-state index is -4.14. The molecule has 1 fully saturated rings. The van der Waals surface area contributed by atoms with E-state index in [-0.39, 0.29) is 15.7 Å². The van der Waals surface area contributed by atoms with Crippen molar-refractivity contribution in [2.45, 2.75) is 61.8 Å². The lowest BCUT2D eigenvalue weighted by Gasteiger charge is -2.26. The summed E-state index contributed by atoms with van der Waals surface area (Å²) in [6.45, 7) is 3.14. The largest absolute Gasteiger partial charge is 0.436 e. The number of rotatable bonds is 7. The van der Waals surface area contributed by atoms with Crippen LogP contribution in [-0.2, 0) is 29.5 Å². The Bertz CT molecular complexity index is 1400. The number of hydrogen-bond acceptors (Lipinski definition) is 8. The molecule has 0 bridgehead atoms. The summed E-state index contributed by atoms with van der Waals surface area (Å²) in [5, 5.41) is 0. The first-order chi connectivity index (χ1) is 18.0. The van der Waals surface area contributed by atoms with Gasteiger partial charge in [0, 0.05) is 5.92 Å². The molecule has 0 aromatic heterocycles. The van der Waals surface area contributed by atoms with Crippen LogP contribution in [0.1, 0.15) is 43.2 Å². The lowest BCUT2D eigenvalue weighted by atomic mass is 9.85. The second-order valence-electron chi connectivity index (χ2n) is 8.96. The first kappa shape index (κ1) is 29.0. The molecule has 3 rings (SSSR count). The van der Waals surface area contributed by atoms with Gasteiger partial charge in [-0.15, -0.1) is 0 Å². The fourth-order valence-electron chi connectivity index (χ4n) is 3.87. The topological polar surface area (TPSA) is 145 Å². The Morgan fingerprint density at radius 1 is 0.816 bits per heavy atom. The molecule has 0 spiro atoms. The molecular formula is C26H30N2O8S2. The molecule has 0 heterocycles. The predicted molar refractivity (Wildman–Crippen MR) is 139 cm³/mol. The molecule has 2 N–H and O–H groups in total. The predicted octanol–water partition coefficient (Wildman–Crippen LogP) is 3.79. The third-order valence-electron chi connectivity index (χ3n) is 5.93. The molecule has 2 aromatic carbocycles. The maximum Gasteiger partial charge on any atom is 0.422 e. The first-order valence-electron chi connectivity index (χ1n) is 12.0. The standard InChI is InChI=1S/C26H30N2O8S2/c1-19-10-14-22(15-11-19)37(31,32)27-25(29)35-18-6-9-24(21-7-4-3-5-8-21)36-26(30)28-38(33,34)23-16-12-20(2)13-17-23/h10-17,21,24H,3-5,7-8,18H2,1-2H3,(H,27,29)(H,28,30). The maximum absolute atomic E-state index is 12.5. The highest BCUT2D eigenvalue weighted by Crippen LogP contribution is 2.28. The van der Waals surface area contributed by atoms with Crippen LogP contribution in [0.2, 0.25) is 0 Å². The molecule has 38 heavy (non-hydrogen) atoms. The molecule has 2 aromatic rings. The first-order valence-corrected chi connectivity index (χ1v) is 15.0. The Labute approximate surface area is 223 Å². The molecule has 2 amide bonds. The van der Waals surface area contributed by atoms with Crippen molar-refractivity contribution in [3.63, 3.8) is 0 Å². The van der Waals surface area contributed by atoms with Crippen molar-refractivity contribution in [3.8, 4) is 11.8 Å². The van der Waals surface area contributed by atoms with Crippen molar-refractivity contribution < 1.29 is 35.9 Å². The van der Waals surface area contributed by atoms with E-state index in [0.29, 0.717) is 0 Å². The molecule has 0 radical (unpaired) electrons. The number of amides is 2. The van der Waals surface area contributed by atoms with Crippen LogP contribution in [0.15, 0.2) is 58.3 Å². The van der Waals surface area contributed by atoms with Gasteiger partial charge in [0.15, 0.2) is 12.7 Å². The number of hydrogen-bond donors (Lipinski definition) is 2. The number of ether oxygens (including phenoxy) is 2. The summed E-state index contributed by atoms with van der Waals surface area (Å²) in [7, 11) is -8.25. The summed E-state index contributed by atoms with van der Waals surface area (Å²) in [5.41, 5.74) is 1.72. The second-order valence-corrected chi connectivity index (χ2v) is 12.3. The Morgan fingerprint density at radius 3 is 1.79 bits per heavy atom. The minimum Gasteiger partial charge on any atom is -0.436 e. The zero-order valence-corrected chi connectivity index (χ0v) is 22.7. The summed E-state index contributed by atoms with van der Waals surface area (Å²) < 4.78 is 63.6. The highest BCUT2D eigenvalue weighted by atomic mass is 32.2. The van der Waals surface area contributed by atoms with E-state index in [0.717, 1.165) is 43.2 Å². The Balaban J connectivity index is 1.60. The third-order valence-corrected chi connectivity index (χ3v) is 8.59. The monoisotopic (exact) mass is 562 g/mol. The number of carbonyl (C=O) groups is 2. The van der Waals surface area contributed by atoms with E-state index in [1.807, 2.05) is 11.6 Å². The average molecular weight is 563 g/mol. The van der Waals surface area contributed by atoms with Crippen LogP contribution in [0, 0.1) is 31.6 Å². The summed E-state index contributed by atoms with van der Waals surface area (Å²) in [5.74, 6) is 5.17. The summed E-state index contributed by atoms with van der Waals surface area (Å²) in [4.78, 5) is 24.3. The molecule has 1 saturated carbocycles. The zero-order valence-electron chi connectivity index (χ0n) is 21.1. The van der Waals surface area contributed by atoms with Crippen LogP contribution >= 0.6 is 0 Å². The molecular weight excluding hydrogens is 532 g/mol. The van der Waals surface area contributed by atoms with Crippen molar-refractivity contribution in [2.75, 3.05) is 6.61 Å². The maximum atomic E-state index is 12.5. The summed E-state index contributed by atoms with van der Waals surface area (Å²) >= 11 is 0. The van der Waals surface area contributed by atoms with Crippen LogP contribution < -0.4 is 9.44 Å². The van der Waals surface area contributed by atoms with Gasteiger partial charge in [0.1, 0.15) is 0 Å². The van der Waals surface area contributed by atoms with Crippen molar-refractivity contribution in [3.05, 3.63) is 59.7 Å². The Kier molecular flexibility index (Phi) is 9.77. The molecule has 0 saturated heterocycles.